The van der Waals surface area contributed by atoms with Crippen LogP contribution in [0.3, 0.4) is 0 Å². The summed E-state index contributed by atoms with van der Waals surface area (Å²) in [5.41, 5.74) is 1.69. The fraction of sp³-hybridized carbons (Fsp3) is 0.350. The maximum Gasteiger partial charge on any atom is 0.191 e. The summed E-state index contributed by atoms with van der Waals surface area (Å²) in [7, 11) is 0. The van der Waals surface area contributed by atoms with Gasteiger partial charge in [0, 0.05) is 24.7 Å². The lowest BCUT2D eigenvalue weighted by atomic mass is 9.84. The summed E-state index contributed by atoms with van der Waals surface area (Å²) in [5.74, 6) is 1.26. The third kappa shape index (κ3) is 5.40. The topological polar surface area (TPSA) is 66.6 Å². The maximum absolute atomic E-state index is 13.2. The van der Waals surface area contributed by atoms with E-state index in [0.29, 0.717) is 19.0 Å². The van der Waals surface area contributed by atoms with Crippen LogP contribution in [0, 0.1) is 5.82 Å². The average molecular weight is 496 g/mol. The number of aliphatic imine (C=N–C) groups is 1. The summed E-state index contributed by atoms with van der Waals surface area (Å²) in [6, 6.07) is 12.4. The normalized spacial score (nSPS) is 11.9. The Bertz CT molecular complexity index is 920. The minimum Gasteiger partial charge on any atom is -0.357 e. The van der Waals surface area contributed by atoms with E-state index in [1.54, 1.807) is 0 Å². The molecule has 0 amide bonds. The van der Waals surface area contributed by atoms with Gasteiger partial charge in [-0.2, -0.15) is 0 Å². The highest BCUT2D eigenvalue weighted by molar-refractivity contribution is 14.0. The van der Waals surface area contributed by atoms with Crippen molar-refractivity contribution in [3.05, 3.63) is 65.9 Å². The van der Waals surface area contributed by atoms with Gasteiger partial charge in [0.2, 0.25) is 0 Å². The monoisotopic (exact) mass is 496 g/mol. The second-order valence-electron chi connectivity index (χ2n) is 6.98. The molecule has 0 spiro atoms. The van der Waals surface area contributed by atoms with Crippen molar-refractivity contribution in [1.82, 2.24) is 25.2 Å². The fourth-order valence-corrected chi connectivity index (χ4v) is 2.80. The maximum atomic E-state index is 13.2. The van der Waals surface area contributed by atoms with Crippen LogP contribution in [-0.4, -0.2) is 33.6 Å². The van der Waals surface area contributed by atoms with Gasteiger partial charge >= 0.3 is 0 Å². The van der Waals surface area contributed by atoms with Gasteiger partial charge in [0.15, 0.2) is 17.4 Å². The van der Waals surface area contributed by atoms with Crippen LogP contribution in [0.5, 0.6) is 0 Å². The molecular formula is C20H26FIN6. The van der Waals surface area contributed by atoms with Crippen molar-refractivity contribution in [2.24, 2.45) is 4.99 Å². The molecule has 0 aliphatic carbocycles. The lowest BCUT2D eigenvalue weighted by molar-refractivity contribution is 0.506. The van der Waals surface area contributed by atoms with Gasteiger partial charge in [0.1, 0.15) is 12.4 Å². The molecule has 150 valence electrons. The second kappa shape index (κ2) is 9.81. The molecule has 0 atom stereocenters. The number of hydrogen-bond acceptors (Lipinski definition) is 3. The van der Waals surface area contributed by atoms with E-state index in [1.165, 1.54) is 12.1 Å². The number of aromatic nitrogens is 3. The van der Waals surface area contributed by atoms with Gasteiger partial charge in [0.05, 0.1) is 0 Å². The highest BCUT2D eigenvalue weighted by Gasteiger charge is 2.21. The van der Waals surface area contributed by atoms with Crippen LogP contribution in [0.25, 0.3) is 5.65 Å². The number of halogens is 2. The predicted molar refractivity (Wildman–Crippen MR) is 121 cm³/mol. The van der Waals surface area contributed by atoms with Crippen LogP contribution >= 0.6 is 24.0 Å². The Hall–Kier alpha value is -2.23. The van der Waals surface area contributed by atoms with E-state index >= 15 is 0 Å². The Kier molecular flexibility index (Phi) is 7.73. The third-order valence-corrected chi connectivity index (χ3v) is 4.43. The van der Waals surface area contributed by atoms with Gasteiger partial charge < -0.3 is 10.6 Å². The number of hydrogen-bond donors (Lipinski definition) is 2. The number of rotatable bonds is 6. The van der Waals surface area contributed by atoms with Gasteiger partial charge in [-0.1, -0.05) is 32.0 Å². The molecule has 2 heterocycles. The van der Waals surface area contributed by atoms with E-state index in [9.17, 15) is 4.39 Å². The number of nitrogens with zero attached hydrogens (tertiary/aromatic N) is 4. The summed E-state index contributed by atoms with van der Waals surface area (Å²) in [4.78, 5) is 4.63. The van der Waals surface area contributed by atoms with E-state index in [-0.39, 0.29) is 35.2 Å². The third-order valence-electron chi connectivity index (χ3n) is 4.43. The zero-order chi connectivity index (χ0) is 19.3. The zero-order valence-corrected chi connectivity index (χ0v) is 18.6. The van der Waals surface area contributed by atoms with Crippen LogP contribution in [0.1, 0.15) is 32.2 Å². The molecule has 0 fully saturated rings. The molecule has 8 heteroatoms. The Balaban J connectivity index is 0.00000280. The van der Waals surface area contributed by atoms with Crippen molar-refractivity contribution in [3.8, 4) is 0 Å². The Morgan fingerprint density at radius 2 is 1.86 bits per heavy atom. The standard InChI is InChI=1S/C20H25FN6.HI/c1-4-22-19(23-13-18-26-25-17-7-5-6-12-27(17)18)24-14-20(2,3)15-8-10-16(21)11-9-15;/h5-12H,4,13-14H2,1-3H3,(H2,22,23,24);1H. The van der Waals surface area contributed by atoms with E-state index in [1.807, 2.05) is 47.9 Å². The molecule has 0 unspecified atom stereocenters. The van der Waals surface area contributed by atoms with Gasteiger partial charge in [-0.25, -0.2) is 9.38 Å². The fourth-order valence-electron chi connectivity index (χ4n) is 2.80. The second-order valence-corrected chi connectivity index (χ2v) is 6.98. The quantitative estimate of drug-likeness (QED) is 0.312. The zero-order valence-electron chi connectivity index (χ0n) is 16.3. The largest absolute Gasteiger partial charge is 0.357 e. The minimum absolute atomic E-state index is 0. The molecule has 1 aromatic carbocycles. The van der Waals surface area contributed by atoms with Crippen molar-refractivity contribution in [2.75, 3.05) is 13.1 Å². The van der Waals surface area contributed by atoms with E-state index in [0.717, 1.165) is 23.6 Å². The number of fused-ring (bicyclic) bond motifs is 1. The van der Waals surface area contributed by atoms with E-state index < -0.39 is 0 Å². The lowest BCUT2D eigenvalue weighted by Crippen LogP contribution is -2.43. The average Bonchev–Trinajstić information content (AvgIpc) is 3.08. The Labute approximate surface area is 181 Å². The molecular weight excluding hydrogens is 470 g/mol. The molecule has 3 aromatic rings. The number of benzene rings is 1. The first-order valence-electron chi connectivity index (χ1n) is 9.06. The first kappa shape index (κ1) is 22.1. The van der Waals surface area contributed by atoms with Crippen molar-refractivity contribution >= 4 is 35.6 Å². The van der Waals surface area contributed by atoms with Gasteiger partial charge in [-0.3, -0.25) is 4.40 Å². The molecule has 0 radical (unpaired) electrons. The Morgan fingerprint density at radius 3 is 2.57 bits per heavy atom. The minimum atomic E-state index is -0.224. The first-order valence-corrected chi connectivity index (χ1v) is 9.06. The summed E-state index contributed by atoms with van der Waals surface area (Å²) in [6.45, 7) is 8.08. The van der Waals surface area contributed by atoms with Crippen molar-refractivity contribution in [2.45, 2.75) is 32.7 Å². The van der Waals surface area contributed by atoms with Crippen LogP contribution in [-0.2, 0) is 12.0 Å². The van der Waals surface area contributed by atoms with Gasteiger partial charge in [0.25, 0.3) is 0 Å². The number of nitrogens with one attached hydrogen (secondary N) is 2. The van der Waals surface area contributed by atoms with Gasteiger partial charge in [-0.05, 0) is 36.8 Å². The molecule has 0 aliphatic rings. The molecule has 0 saturated heterocycles. The number of pyridine rings is 1. The van der Waals surface area contributed by atoms with Crippen LogP contribution < -0.4 is 10.6 Å². The van der Waals surface area contributed by atoms with Crippen LogP contribution in [0.2, 0.25) is 0 Å². The van der Waals surface area contributed by atoms with Crippen LogP contribution in [0.4, 0.5) is 4.39 Å². The molecule has 3 rings (SSSR count). The molecule has 28 heavy (non-hydrogen) atoms. The number of guanidine groups is 1. The van der Waals surface area contributed by atoms with Crippen molar-refractivity contribution < 1.29 is 4.39 Å². The van der Waals surface area contributed by atoms with Crippen LogP contribution in [0.15, 0.2) is 53.7 Å². The molecule has 2 aromatic heterocycles. The Morgan fingerprint density at radius 1 is 1.11 bits per heavy atom. The smallest absolute Gasteiger partial charge is 0.191 e. The molecule has 6 nitrogen and oxygen atoms in total. The summed E-state index contributed by atoms with van der Waals surface area (Å²) in [5, 5.41) is 15.0. The summed E-state index contributed by atoms with van der Waals surface area (Å²) in [6.07, 6.45) is 1.93. The van der Waals surface area contributed by atoms with E-state index in [4.69, 9.17) is 0 Å². The molecule has 0 saturated carbocycles. The van der Waals surface area contributed by atoms with E-state index in [2.05, 4.69) is 39.7 Å². The van der Waals surface area contributed by atoms with Crippen molar-refractivity contribution in [1.29, 1.82) is 0 Å². The molecule has 0 aliphatic heterocycles. The summed E-state index contributed by atoms with van der Waals surface area (Å²) < 4.78 is 15.1. The lowest BCUT2D eigenvalue weighted by Gasteiger charge is -2.26. The van der Waals surface area contributed by atoms with Crippen molar-refractivity contribution in [3.63, 3.8) is 0 Å². The molecule has 0 bridgehead atoms. The molecule has 2 N–H and O–H groups in total. The van der Waals surface area contributed by atoms with Gasteiger partial charge in [-0.15, -0.1) is 34.2 Å². The predicted octanol–water partition coefficient (Wildman–Crippen LogP) is 3.52. The first-order chi connectivity index (χ1) is 13.0. The highest BCUT2D eigenvalue weighted by Crippen LogP contribution is 2.22. The summed E-state index contributed by atoms with van der Waals surface area (Å²) >= 11 is 0. The SMILES string of the molecule is CCNC(=NCc1nnc2ccccn12)NCC(C)(C)c1ccc(F)cc1.I. The highest BCUT2D eigenvalue weighted by atomic mass is 127.